The molecule has 0 bridgehead atoms. The Kier molecular flexibility index (Phi) is 4.03. The van der Waals surface area contributed by atoms with Crippen LogP contribution >= 0.6 is 0 Å². The molecule has 0 aliphatic rings. The lowest BCUT2D eigenvalue weighted by molar-refractivity contribution is 0.102. The van der Waals surface area contributed by atoms with Gasteiger partial charge in [-0.05, 0) is 42.5 Å². The Morgan fingerprint density at radius 2 is 1.58 bits per heavy atom. The van der Waals surface area contributed by atoms with Crippen molar-refractivity contribution in [1.82, 2.24) is 9.97 Å². The predicted octanol–water partition coefficient (Wildman–Crippen LogP) is 4.05. The largest absolute Gasteiger partial charge is 0.335 e. The third-order valence-corrected chi connectivity index (χ3v) is 4.08. The first-order valence-corrected chi connectivity index (χ1v) is 8.15. The second-order valence-corrected chi connectivity index (χ2v) is 5.85. The number of ketones is 1. The standard InChI is InChI=1S/C21H15N3O2/c25-19(14-5-2-1-3-6-14)15-8-10-17(11-9-15)23-21(26)18-13-16-7-4-12-22-20(16)24-18/h1-13H,(H,22,24)(H,23,26). The van der Waals surface area contributed by atoms with Gasteiger partial charge in [-0.2, -0.15) is 0 Å². The summed E-state index contributed by atoms with van der Waals surface area (Å²) in [5.74, 6) is -0.310. The Hall–Kier alpha value is -3.73. The molecule has 2 aromatic heterocycles. The first kappa shape index (κ1) is 15.8. The highest BCUT2D eigenvalue weighted by molar-refractivity contribution is 6.09. The van der Waals surface area contributed by atoms with Crippen molar-refractivity contribution in [2.24, 2.45) is 0 Å². The van der Waals surface area contributed by atoms with Gasteiger partial charge in [0.2, 0.25) is 0 Å². The van der Waals surface area contributed by atoms with Gasteiger partial charge < -0.3 is 10.3 Å². The Bertz CT molecular complexity index is 1050. The number of amides is 1. The van der Waals surface area contributed by atoms with E-state index in [0.29, 0.717) is 28.2 Å². The van der Waals surface area contributed by atoms with Gasteiger partial charge >= 0.3 is 0 Å². The smallest absolute Gasteiger partial charge is 0.272 e. The second kappa shape index (κ2) is 6.64. The summed E-state index contributed by atoms with van der Waals surface area (Å²) < 4.78 is 0. The third-order valence-electron chi connectivity index (χ3n) is 4.08. The minimum atomic E-state index is -0.259. The molecule has 0 unspecified atom stereocenters. The number of nitrogens with one attached hydrogen (secondary N) is 2. The van der Waals surface area contributed by atoms with Crippen LogP contribution in [0.1, 0.15) is 26.4 Å². The Morgan fingerprint density at radius 1 is 0.846 bits per heavy atom. The van der Waals surface area contributed by atoms with Crippen LogP contribution in [-0.2, 0) is 0 Å². The minimum Gasteiger partial charge on any atom is -0.335 e. The number of hydrogen-bond acceptors (Lipinski definition) is 3. The molecule has 1 amide bonds. The van der Waals surface area contributed by atoms with Crippen LogP contribution < -0.4 is 5.32 Å². The van der Waals surface area contributed by atoms with Gasteiger partial charge in [0, 0.05) is 28.4 Å². The number of rotatable bonds is 4. The average Bonchev–Trinajstić information content (AvgIpc) is 3.13. The molecule has 0 aliphatic carbocycles. The molecule has 126 valence electrons. The normalized spacial score (nSPS) is 10.6. The van der Waals surface area contributed by atoms with Crippen molar-refractivity contribution in [2.75, 3.05) is 5.32 Å². The SMILES string of the molecule is O=C(c1ccccc1)c1ccc(NC(=O)c2cc3cccnc3[nH]2)cc1. The number of carbonyl (C=O) groups excluding carboxylic acids is 2. The summed E-state index contributed by atoms with van der Waals surface area (Å²) in [6.45, 7) is 0. The number of nitrogens with zero attached hydrogens (tertiary/aromatic N) is 1. The Balaban J connectivity index is 1.50. The maximum absolute atomic E-state index is 12.4. The molecule has 26 heavy (non-hydrogen) atoms. The first-order chi connectivity index (χ1) is 12.7. The van der Waals surface area contributed by atoms with Crippen molar-refractivity contribution >= 4 is 28.4 Å². The molecule has 5 heteroatoms. The van der Waals surface area contributed by atoms with E-state index in [1.165, 1.54) is 0 Å². The van der Waals surface area contributed by atoms with E-state index in [1.54, 1.807) is 48.7 Å². The Morgan fingerprint density at radius 3 is 2.31 bits per heavy atom. The zero-order chi connectivity index (χ0) is 17.9. The van der Waals surface area contributed by atoms with Crippen LogP contribution in [0.4, 0.5) is 5.69 Å². The van der Waals surface area contributed by atoms with Crippen LogP contribution in [0.3, 0.4) is 0 Å². The lowest BCUT2D eigenvalue weighted by Crippen LogP contribution is -2.12. The molecule has 0 saturated carbocycles. The molecule has 0 aliphatic heterocycles. The van der Waals surface area contributed by atoms with E-state index in [9.17, 15) is 9.59 Å². The Labute approximate surface area is 149 Å². The fourth-order valence-corrected chi connectivity index (χ4v) is 2.74. The topological polar surface area (TPSA) is 74.8 Å². The summed E-state index contributed by atoms with van der Waals surface area (Å²) in [4.78, 5) is 32.0. The van der Waals surface area contributed by atoms with Crippen molar-refractivity contribution in [3.05, 3.63) is 95.8 Å². The molecule has 0 saturated heterocycles. The van der Waals surface area contributed by atoms with Crippen molar-refractivity contribution in [2.45, 2.75) is 0 Å². The summed E-state index contributed by atoms with van der Waals surface area (Å²) in [7, 11) is 0. The van der Waals surface area contributed by atoms with Gasteiger partial charge in [-0.3, -0.25) is 9.59 Å². The molecule has 0 radical (unpaired) electrons. The number of H-pyrrole nitrogens is 1. The molecule has 0 spiro atoms. The van der Waals surface area contributed by atoms with E-state index in [4.69, 9.17) is 0 Å². The molecule has 2 aromatic carbocycles. The number of benzene rings is 2. The van der Waals surface area contributed by atoms with Gasteiger partial charge in [-0.15, -0.1) is 0 Å². The van der Waals surface area contributed by atoms with Crippen molar-refractivity contribution in [3.8, 4) is 0 Å². The van der Waals surface area contributed by atoms with E-state index in [2.05, 4.69) is 15.3 Å². The molecule has 0 fully saturated rings. The second-order valence-electron chi connectivity index (χ2n) is 5.85. The van der Waals surface area contributed by atoms with Crippen molar-refractivity contribution in [3.63, 3.8) is 0 Å². The first-order valence-electron chi connectivity index (χ1n) is 8.15. The number of pyridine rings is 1. The van der Waals surface area contributed by atoms with E-state index >= 15 is 0 Å². The lowest BCUT2D eigenvalue weighted by Gasteiger charge is -2.05. The number of aromatic amines is 1. The van der Waals surface area contributed by atoms with Gasteiger partial charge in [0.1, 0.15) is 11.3 Å². The minimum absolute atomic E-state index is 0.0508. The molecule has 4 aromatic rings. The van der Waals surface area contributed by atoms with Gasteiger partial charge in [-0.1, -0.05) is 30.3 Å². The summed E-state index contributed by atoms with van der Waals surface area (Å²) in [6, 6.07) is 21.4. The zero-order valence-electron chi connectivity index (χ0n) is 13.8. The maximum Gasteiger partial charge on any atom is 0.272 e. The molecule has 5 nitrogen and oxygen atoms in total. The van der Waals surface area contributed by atoms with E-state index in [1.807, 2.05) is 30.3 Å². The number of hydrogen-bond donors (Lipinski definition) is 2. The molecule has 0 atom stereocenters. The van der Waals surface area contributed by atoms with E-state index in [-0.39, 0.29) is 11.7 Å². The zero-order valence-corrected chi connectivity index (χ0v) is 13.8. The van der Waals surface area contributed by atoms with Gasteiger partial charge in [-0.25, -0.2) is 4.98 Å². The fourth-order valence-electron chi connectivity index (χ4n) is 2.74. The van der Waals surface area contributed by atoms with Gasteiger partial charge in [0.15, 0.2) is 5.78 Å². The van der Waals surface area contributed by atoms with E-state index < -0.39 is 0 Å². The fraction of sp³-hybridized carbons (Fsp3) is 0. The summed E-state index contributed by atoms with van der Waals surface area (Å²) >= 11 is 0. The van der Waals surface area contributed by atoms with Crippen LogP contribution in [0.15, 0.2) is 79.0 Å². The number of fused-ring (bicyclic) bond motifs is 1. The van der Waals surface area contributed by atoms with Crippen molar-refractivity contribution in [1.29, 1.82) is 0 Å². The average molecular weight is 341 g/mol. The quantitative estimate of drug-likeness (QED) is 0.550. The number of anilines is 1. The molecule has 2 N–H and O–H groups in total. The highest BCUT2D eigenvalue weighted by Gasteiger charge is 2.12. The highest BCUT2D eigenvalue weighted by Crippen LogP contribution is 2.16. The van der Waals surface area contributed by atoms with Gasteiger partial charge in [0.25, 0.3) is 5.91 Å². The van der Waals surface area contributed by atoms with Crippen LogP contribution in [0, 0.1) is 0 Å². The molecule has 2 heterocycles. The summed E-state index contributed by atoms with van der Waals surface area (Å²) in [6.07, 6.45) is 1.67. The maximum atomic E-state index is 12.4. The lowest BCUT2D eigenvalue weighted by atomic mass is 10.0. The number of carbonyl (C=O) groups is 2. The summed E-state index contributed by atoms with van der Waals surface area (Å²) in [5, 5.41) is 3.69. The summed E-state index contributed by atoms with van der Waals surface area (Å²) in [5.41, 5.74) is 2.93. The van der Waals surface area contributed by atoms with Crippen LogP contribution in [0.2, 0.25) is 0 Å². The van der Waals surface area contributed by atoms with Crippen molar-refractivity contribution < 1.29 is 9.59 Å². The highest BCUT2D eigenvalue weighted by atomic mass is 16.2. The van der Waals surface area contributed by atoms with Crippen LogP contribution in [0.5, 0.6) is 0 Å². The van der Waals surface area contributed by atoms with Gasteiger partial charge in [0.05, 0.1) is 0 Å². The molecular weight excluding hydrogens is 326 g/mol. The predicted molar refractivity (Wildman–Crippen MR) is 100 cm³/mol. The van der Waals surface area contributed by atoms with E-state index in [0.717, 1.165) is 5.39 Å². The molecule has 4 rings (SSSR count). The van der Waals surface area contributed by atoms with Crippen LogP contribution in [0.25, 0.3) is 11.0 Å². The number of aromatic nitrogens is 2. The third kappa shape index (κ3) is 3.10. The monoisotopic (exact) mass is 341 g/mol. The molecular formula is C21H15N3O2. The van der Waals surface area contributed by atoms with Crippen LogP contribution in [-0.4, -0.2) is 21.7 Å².